The van der Waals surface area contributed by atoms with E-state index in [4.69, 9.17) is 5.11 Å². The van der Waals surface area contributed by atoms with E-state index in [2.05, 4.69) is 5.32 Å². The fourth-order valence-corrected chi connectivity index (χ4v) is 1.82. The molecule has 0 aromatic heterocycles. The van der Waals surface area contributed by atoms with Gasteiger partial charge in [-0.3, -0.25) is 0 Å². The van der Waals surface area contributed by atoms with Gasteiger partial charge in [0.25, 0.3) is 0 Å². The van der Waals surface area contributed by atoms with Crippen molar-refractivity contribution in [3.63, 3.8) is 0 Å². The lowest BCUT2D eigenvalue weighted by Gasteiger charge is -2.19. The third-order valence-corrected chi connectivity index (χ3v) is 2.62. The Morgan fingerprint density at radius 1 is 1.25 bits per heavy atom. The molecule has 0 fully saturated rings. The zero-order chi connectivity index (χ0) is 12.0. The van der Waals surface area contributed by atoms with Crippen LogP contribution in [0.4, 0.5) is 4.39 Å². The maximum Gasteiger partial charge on any atom is 0.126 e. The lowest BCUT2D eigenvalue weighted by Crippen LogP contribution is -2.36. The minimum atomic E-state index is -0.147. The topological polar surface area (TPSA) is 32.3 Å². The number of aliphatic hydroxyl groups is 1. The first-order valence-corrected chi connectivity index (χ1v) is 5.73. The Bertz CT molecular complexity index is 317. The summed E-state index contributed by atoms with van der Waals surface area (Å²) < 4.78 is 13.4. The molecule has 1 aromatic carbocycles. The molecule has 0 aliphatic carbocycles. The predicted molar refractivity (Wildman–Crippen MR) is 63.9 cm³/mol. The molecule has 1 rings (SSSR count). The van der Waals surface area contributed by atoms with Crippen LogP contribution in [0.5, 0.6) is 0 Å². The Hall–Kier alpha value is -0.930. The Morgan fingerprint density at radius 2 is 1.94 bits per heavy atom. The van der Waals surface area contributed by atoms with E-state index in [9.17, 15) is 4.39 Å². The van der Waals surface area contributed by atoms with Gasteiger partial charge in [0.1, 0.15) is 5.82 Å². The molecule has 0 saturated heterocycles. The zero-order valence-electron chi connectivity index (χ0n) is 9.91. The normalized spacial score (nSPS) is 14.8. The highest BCUT2D eigenvalue weighted by Crippen LogP contribution is 2.09. The van der Waals surface area contributed by atoms with Gasteiger partial charge in [-0.05, 0) is 38.3 Å². The van der Waals surface area contributed by atoms with Crippen LogP contribution in [0.2, 0.25) is 0 Å². The molecule has 2 nitrogen and oxygen atoms in total. The Morgan fingerprint density at radius 3 is 2.56 bits per heavy atom. The summed E-state index contributed by atoms with van der Waals surface area (Å²) in [5.41, 5.74) is 0.735. The summed E-state index contributed by atoms with van der Waals surface area (Å²) in [5, 5.41) is 12.1. The molecule has 0 spiro atoms. The second-order valence-corrected chi connectivity index (χ2v) is 4.28. The van der Waals surface area contributed by atoms with Crippen molar-refractivity contribution in [3.8, 4) is 0 Å². The quantitative estimate of drug-likeness (QED) is 0.777. The van der Waals surface area contributed by atoms with E-state index in [0.29, 0.717) is 6.42 Å². The summed E-state index contributed by atoms with van der Waals surface area (Å²) in [5.74, 6) is -0.147. The highest BCUT2D eigenvalue weighted by atomic mass is 19.1. The van der Waals surface area contributed by atoms with Crippen molar-refractivity contribution in [1.29, 1.82) is 0 Å². The number of hydrogen-bond acceptors (Lipinski definition) is 2. The first kappa shape index (κ1) is 13.1. The van der Waals surface area contributed by atoms with E-state index in [0.717, 1.165) is 12.0 Å². The van der Waals surface area contributed by atoms with E-state index in [1.807, 2.05) is 26.0 Å². The first-order chi connectivity index (χ1) is 7.63. The van der Waals surface area contributed by atoms with E-state index < -0.39 is 0 Å². The monoisotopic (exact) mass is 225 g/mol. The molecule has 0 radical (unpaired) electrons. The number of hydrogen-bond donors (Lipinski definition) is 2. The summed E-state index contributed by atoms with van der Waals surface area (Å²) in [4.78, 5) is 0. The highest BCUT2D eigenvalue weighted by Gasteiger charge is 2.09. The van der Waals surface area contributed by atoms with Crippen molar-refractivity contribution >= 4 is 0 Å². The van der Waals surface area contributed by atoms with Gasteiger partial charge in [0.2, 0.25) is 0 Å². The second-order valence-electron chi connectivity index (χ2n) is 4.28. The molecule has 0 amide bonds. The van der Waals surface area contributed by atoms with Crippen molar-refractivity contribution in [2.24, 2.45) is 0 Å². The van der Waals surface area contributed by atoms with Crippen LogP contribution in [0.25, 0.3) is 0 Å². The third-order valence-electron chi connectivity index (χ3n) is 2.62. The fraction of sp³-hybridized carbons (Fsp3) is 0.538. The van der Waals surface area contributed by atoms with Crippen LogP contribution in [0.1, 0.15) is 25.8 Å². The van der Waals surface area contributed by atoms with Crippen LogP contribution in [-0.2, 0) is 6.42 Å². The summed E-state index contributed by atoms with van der Waals surface area (Å²) in [6.07, 6.45) is 1.39. The van der Waals surface area contributed by atoms with Gasteiger partial charge in [0.15, 0.2) is 0 Å². The summed E-state index contributed by atoms with van der Waals surface area (Å²) in [6, 6.07) is 7.31. The molecule has 0 aliphatic rings. The zero-order valence-corrected chi connectivity index (χ0v) is 9.91. The first-order valence-electron chi connectivity index (χ1n) is 5.73. The molecule has 2 N–H and O–H groups in total. The molecule has 16 heavy (non-hydrogen) atoms. The maximum atomic E-state index is 13.4. The van der Waals surface area contributed by atoms with Gasteiger partial charge in [0, 0.05) is 18.7 Å². The number of rotatable bonds is 6. The Balaban J connectivity index is 2.45. The van der Waals surface area contributed by atoms with Crippen LogP contribution in [-0.4, -0.2) is 23.8 Å². The minimum Gasteiger partial charge on any atom is -0.396 e. The second kappa shape index (κ2) is 6.61. The summed E-state index contributed by atoms with van der Waals surface area (Å²) in [7, 11) is 0. The summed E-state index contributed by atoms with van der Waals surface area (Å²) >= 11 is 0. The van der Waals surface area contributed by atoms with Crippen molar-refractivity contribution in [2.45, 2.75) is 38.8 Å². The standard InChI is InChI=1S/C13H20FNO/c1-10(7-8-16)15-11(2)9-12-5-3-4-6-13(12)14/h3-6,10-11,15-16H,7-9H2,1-2H3. The number of aliphatic hydroxyl groups excluding tert-OH is 1. The van der Waals surface area contributed by atoms with E-state index >= 15 is 0 Å². The molecule has 3 heteroatoms. The Kier molecular flexibility index (Phi) is 5.43. The SMILES string of the molecule is CC(CCO)NC(C)Cc1ccccc1F. The molecular weight excluding hydrogens is 205 g/mol. The van der Waals surface area contributed by atoms with Gasteiger partial charge in [0.05, 0.1) is 0 Å². The molecular formula is C13H20FNO. The molecule has 0 saturated carbocycles. The Labute approximate surface area is 96.5 Å². The molecule has 0 heterocycles. The van der Waals surface area contributed by atoms with Crippen LogP contribution in [0.3, 0.4) is 0 Å². The van der Waals surface area contributed by atoms with Crippen LogP contribution >= 0.6 is 0 Å². The van der Waals surface area contributed by atoms with E-state index in [1.54, 1.807) is 6.07 Å². The molecule has 90 valence electrons. The number of halogens is 1. The van der Waals surface area contributed by atoms with E-state index in [-0.39, 0.29) is 24.5 Å². The van der Waals surface area contributed by atoms with Crippen molar-refractivity contribution < 1.29 is 9.50 Å². The van der Waals surface area contributed by atoms with E-state index in [1.165, 1.54) is 6.07 Å². The van der Waals surface area contributed by atoms with Crippen LogP contribution < -0.4 is 5.32 Å². The third kappa shape index (κ3) is 4.29. The van der Waals surface area contributed by atoms with Gasteiger partial charge in [-0.15, -0.1) is 0 Å². The molecule has 1 aromatic rings. The average molecular weight is 225 g/mol. The lowest BCUT2D eigenvalue weighted by molar-refractivity contribution is 0.264. The predicted octanol–water partition coefficient (Wildman–Crippen LogP) is 2.12. The molecule has 0 aliphatic heterocycles. The molecule has 0 bridgehead atoms. The van der Waals surface area contributed by atoms with Crippen LogP contribution in [0.15, 0.2) is 24.3 Å². The van der Waals surface area contributed by atoms with Gasteiger partial charge in [-0.25, -0.2) is 4.39 Å². The minimum absolute atomic E-state index is 0.147. The smallest absolute Gasteiger partial charge is 0.126 e. The van der Waals surface area contributed by atoms with Crippen molar-refractivity contribution in [1.82, 2.24) is 5.32 Å². The number of benzene rings is 1. The van der Waals surface area contributed by atoms with Gasteiger partial charge >= 0.3 is 0 Å². The van der Waals surface area contributed by atoms with Gasteiger partial charge in [-0.1, -0.05) is 18.2 Å². The molecule has 2 atom stereocenters. The largest absolute Gasteiger partial charge is 0.396 e. The van der Waals surface area contributed by atoms with Crippen molar-refractivity contribution in [3.05, 3.63) is 35.6 Å². The highest BCUT2D eigenvalue weighted by molar-refractivity contribution is 5.18. The fourth-order valence-electron chi connectivity index (χ4n) is 1.82. The number of nitrogens with one attached hydrogen (secondary N) is 1. The van der Waals surface area contributed by atoms with Gasteiger partial charge < -0.3 is 10.4 Å². The average Bonchev–Trinajstić information content (AvgIpc) is 2.21. The maximum absolute atomic E-state index is 13.4. The van der Waals surface area contributed by atoms with Gasteiger partial charge in [-0.2, -0.15) is 0 Å². The van der Waals surface area contributed by atoms with Crippen molar-refractivity contribution in [2.75, 3.05) is 6.61 Å². The van der Waals surface area contributed by atoms with Crippen LogP contribution in [0, 0.1) is 5.82 Å². The lowest BCUT2D eigenvalue weighted by atomic mass is 10.1. The summed E-state index contributed by atoms with van der Waals surface area (Å²) in [6.45, 7) is 4.23. The molecule has 2 unspecified atom stereocenters.